The van der Waals surface area contributed by atoms with Crippen molar-refractivity contribution in [2.45, 2.75) is 18.6 Å². The highest BCUT2D eigenvalue weighted by atomic mass is 19.4. The van der Waals surface area contributed by atoms with Crippen LogP contribution in [0.1, 0.15) is 11.1 Å². The molecular formula is C16H18F3N5O3. The van der Waals surface area contributed by atoms with Gasteiger partial charge < -0.3 is 26.2 Å². The number of nitrogens with two attached hydrogens (primary N) is 1. The summed E-state index contributed by atoms with van der Waals surface area (Å²) in [5.41, 5.74) is 5.48. The zero-order chi connectivity index (χ0) is 20.2. The fourth-order valence-electron chi connectivity index (χ4n) is 2.28. The van der Waals surface area contributed by atoms with Crippen molar-refractivity contribution in [3.05, 3.63) is 35.5 Å². The largest absolute Gasteiger partial charge is 0.495 e. The van der Waals surface area contributed by atoms with Crippen molar-refractivity contribution in [3.8, 4) is 5.75 Å². The van der Waals surface area contributed by atoms with Crippen LogP contribution in [0.2, 0.25) is 0 Å². The number of anilines is 3. The highest BCUT2D eigenvalue weighted by Gasteiger charge is 2.35. The second-order valence-electron chi connectivity index (χ2n) is 5.51. The van der Waals surface area contributed by atoms with E-state index in [4.69, 9.17) is 15.6 Å². The summed E-state index contributed by atoms with van der Waals surface area (Å²) in [4.78, 5) is 18.4. The van der Waals surface area contributed by atoms with Crippen LogP contribution in [0.4, 0.5) is 30.6 Å². The maximum atomic E-state index is 12.9. The minimum atomic E-state index is -4.60. The second-order valence-corrected chi connectivity index (χ2v) is 5.51. The number of nitrogens with one attached hydrogen (secondary N) is 2. The summed E-state index contributed by atoms with van der Waals surface area (Å²) in [6.07, 6.45) is -3.87. The number of methoxy groups -OCH3 is 1. The Labute approximate surface area is 152 Å². The van der Waals surface area contributed by atoms with Gasteiger partial charge in [-0.1, -0.05) is 6.07 Å². The van der Waals surface area contributed by atoms with Gasteiger partial charge in [-0.2, -0.15) is 18.2 Å². The van der Waals surface area contributed by atoms with E-state index in [0.29, 0.717) is 23.2 Å². The molecule has 0 aliphatic rings. The van der Waals surface area contributed by atoms with Crippen molar-refractivity contribution in [2.24, 2.45) is 5.73 Å². The predicted molar refractivity (Wildman–Crippen MR) is 92.2 cm³/mol. The van der Waals surface area contributed by atoms with Gasteiger partial charge in [0.05, 0.1) is 12.8 Å². The molecule has 0 unspecified atom stereocenters. The predicted octanol–water partition coefficient (Wildman–Crippen LogP) is 2.24. The zero-order valence-corrected chi connectivity index (χ0v) is 14.5. The molecular weight excluding hydrogens is 367 g/mol. The standard InChI is InChI=1S/C16H18F3N5O3/c1-21-13-9(16(17,18)19)7-22-15(24-13)23-11-6-8(3-4-12(11)27-2)5-10(20)14(25)26/h3-4,6-7,10H,5,20H2,1-2H3,(H,25,26)(H2,21,22,23,24)/t10-/m0/s1. The first kappa shape index (κ1) is 20.2. The summed E-state index contributed by atoms with van der Waals surface area (Å²) in [6.45, 7) is 0. The third-order valence-electron chi connectivity index (χ3n) is 3.61. The number of carboxylic acids is 1. The number of alkyl halides is 3. The molecule has 0 saturated heterocycles. The number of ether oxygens (including phenoxy) is 1. The van der Waals surface area contributed by atoms with Gasteiger partial charge in [0.2, 0.25) is 5.95 Å². The number of carboxylic acid groups (broad SMARTS) is 1. The normalized spacial score (nSPS) is 12.4. The molecule has 27 heavy (non-hydrogen) atoms. The molecule has 0 fully saturated rings. The molecule has 1 atom stereocenters. The van der Waals surface area contributed by atoms with Gasteiger partial charge in [0, 0.05) is 13.2 Å². The lowest BCUT2D eigenvalue weighted by molar-refractivity contribution is -0.139. The number of benzene rings is 1. The van der Waals surface area contributed by atoms with Crippen molar-refractivity contribution in [1.29, 1.82) is 0 Å². The first-order valence-electron chi connectivity index (χ1n) is 7.70. The Bertz CT molecular complexity index is 829. The molecule has 0 spiro atoms. The number of rotatable bonds is 7. The molecule has 0 aliphatic heterocycles. The summed E-state index contributed by atoms with van der Waals surface area (Å²) in [6, 6.07) is 3.70. The van der Waals surface area contributed by atoms with Gasteiger partial charge in [-0.3, -0.25) is 4.79 Å². The van der Waals surface area contributed by atoms with Crippen LogP contribution in [-0.2, 0) is 17.4 Å². The Balaban J connectivity index is 2.34. The monoisotopic (exact) mass is 385 g/mol. The van der Waals surface area contributed by atoms with Gasteiger partial charge >= 0.3 is 12.1 Å². The van der Waals surface area contributed by atoms with Gasteiger partial charge in [0.15, 0.2) is 0 Å². The van der Waals surface area contributed by atoms with Crippen LogP contribution in [-0.4, -0.2) is 41.2 Å². The number of carbonyl (C=O) groups is 1. The molecule has 2 rings (SSSR count). The summed E-state index contributed by atoms with van der Waals surface area (Å²) >= 11 is 0. The maximum absolute atomic E-state index is 12.9. The van der Waals surface area contributed by atoms with Crippen LogP contribution in [0, 0.1) is 0 Å². The molecule has 0 amide bonds. The number of nitrogens with zero attached hydrogens (tertiary/aromatic N) is 2. The van der Waals surface area contributed by atoms with Crippen LogP contribution in [0.5, 0.6) is 5.75 Å². The highest BCUT2D eigenvalue weighted by Crippen LogP contribution is 2.34. The molecule has 11 heteroatoms. The molecule has 0 bridgehead atoms. The zero-order valence-electron chi connectivity index (χ0n) is 14.5. The lowest BCUT2D eigenvalue weighted by Gasteiger charge is -2.15. The topological polar surface area (TPSA) is 122 Å². The molecule has 0 aliphatic carbocycles. The maximum Gasteiger partial charge on any atom is 0.421 e. The smallest absolute Gasteiger partial charge is 0.421 e. The van der Waals surface area contributed by atoms with Crippen LogP contribution in [0.15, 0.2) is 24.4 Å². The minimum absolute atomic E-state index is 0.0592. The van der Waals surface area contributed by atoms with Crippen molar-refractivity contribution in [2.75, 3.05) is 24.8 Å². The number of hydrogen-bond acceptors (Lipinski definition) is 7. The van der Waals surface area contributed by atoms with E-state index in [1.165, 1.54) is 14.2 Å². The third-order valence-corrected chi connectivity index (χ3v) is 3.61. The van der Waals surface area contributed by atoms with Gasteiger partial charge in [0.1, 0.15) is 23.2 Å². The van der Waals surface area contributed by atoms with E-state index in [1.54, 1.807) is 18.2 Å². The van der Waals surface area contributed by atoms with E-state index < -0.39 is 23.8 Å². The lowest BCUT2D eigenvalue weighted by atomic mass is 10.1. The summed E-state index contributed by atoms with van der Waals surface area (Å²) < 4.78 is 44.0. The number of aromatic nitrogens is 2. The third kappa shape index (κ3) is 4.97. The van der Waals surface area contributed by atoms with Crippen LogP contribution in [0.3, 0.4) is 0 Å². The van der Waals surface area contributed by atoms with Gasteiger partial charge in [0.25, 0.3) is 0 Å². The summed E-state index contributed by atoms with van der Waals surface area (Å²) in [5.74, 6) is -1.25. The van der Waals surface area contributed by atoms with Crippen molar-refractivity contribution >= 4 is 23.4 Å². The molecule has 1 heterocycles. The Hall–Kier alpha value is -3.08. The fraction of sp³-hybridized carbons (Fsp3) is 0.312. The second kappa shape index (κ2) is 8.08. The Morgan fingerprint density at radius 3 is 2.67 bits per heavy atom. The van der Waals surface area contributed by atoms with Crippen LogP contribution < -0.4 is 21.1 Å². The SMILES string of the molecule is CNc1nc(Nc2cc(C[C@H](N)C(=O)O)ccc2OC)ncc1C(F)(F)F. The molecule has 0 saturated carbocycles. The average molecular weight is 385 g/mol. The first-order valence-corrected chi connectivity index (χ1v) is 7.70. The van der Waals surface area contributed by atoms with Gasteiger partial charge in [-0.05, 0) is 24.1 Å². The van der Waals surface area contributed by atoms with Gasteiger partial charge in [-0.15, -0.1) is 0 Å². The number of halogens is 3. The van der Waals surface area contributed by atoms with Crippen molar-refractivity contribution in [3.63, 3.8) is 0 Å². The van der Waals surface area contributed by atoms with Gasteiger partial charge in [-0.25, -0.2) is 4.98 Å². The fourth-order valence-corrected chi connectivity index (χ4v) is 2.28. The molecule has 5 N–H and O–H groups in total. The minimum Gasteiger partial charge on any atom is -0.495 e. The number of hydrogen-bond donors (Lipinski definition) is 4. The molecule has 2 aromatic rings. The molecule has 1 aromatic heterocycles. The number of aliphatic carboxylic acids is 1. The first-order chi connectivity index (χ1) is 12.7. The Morgan fingerprint density at radius 2 is 2.11 bits per heavy atom. The van der Waals surface area contributed by atoms with E-state index >= 15 is 0 Å². The van der Waals surface area contributed by atoms with E-state index in [9.17, 15) is 18.0 Å². The van der Waals surface area contributed by atoms with E-state index in [-0.39, 0.29) is 18.2 Å². The molecule has 8 nitrogen and oxygen atoms in total. The molecule has 146 valence electrons. The van der Waals surface area contributed by atoms with E-state index in [0.717, 1.165) is 0 Å². The molecule has 1 aromatic carbocycles. The quantitative estimate of drug-likeness (QED) is 0.572. The Morgan fingerprint density at radius 1 is 1.41 bits per heavy atom. The van der Waals surface area contributed by atoms with Crippen LogP contribution >= 0.6 is 0 Å². The van der Waals surface area contributed by atoms with Crippen molar-refractivity contribution < 1.29 is 27.8 Å². The Kier molecular flexibility index (Phi) is 6.05. The average Bonchev–Trinajstić information content (AvgIpc) is 2.60. The summed E-state index contributed by atoms with van der Waals surface area (Å²) in [5, 5.41) is 14.1. The van der Waals surface area contributed by atoms with E-state index in [2.05, 4.69) is 20.6 Å². The van der Waals surface area contributed by atoms with Crippen molar-refractivity contribution in [1.82, 2.24) is 9.97 Å². The highest BCUT2D eigenvalue weighted by molar-refractivity contribution is 5.74. The van der Waals surface area contributed by atoms with Crippen LogP contribution in [0.25, 0.3) is 0 Å². The lowest BCUT2D eigenvalue weighted by Crippen LogP contribution is -2.32. The molecule has 0 radical (unpaired) electrons. The summed E-state index contributed by atoms with van der Waals surface area (Å²) in [7, 11) is 2.73. The van der Waals surface area contributed by atoms with E-state index in [1.807, 2.05) is 0 Å².